The average Bonchev–Trinajstić information content (AvgIpc) is 3.03. The third-order valence-corrected chi connectivity index (χ3v) is 4.70. The Morgan fingerprint density at radius 1 is 1.33 bits per heavy atom. The molecular formula is C16H25N3OS. The lowest BCUT2D eigenvalue weighted by Gasteiger charge is -2.21. The van der Waals surface area contributed by atoms with Crippen molar-refractivity contribution in [1.82, 2.24) is 14.9 Å². The van der Waals surface area contributed by atoms with E-state index < -0.39 is 0 Å². The molecule has 0 saturated heterocycles. The molecule has 0 fully saturated rings. The molecule has 0 aliphatic carbocycles. The van der Waals surface area contributed by atoms with Crippen molar-refractivity contribution in [3.8, 4) is 0 Å². The largest absolute Gasteiger partial charge is 0.383 e. The van der Waals surface area contributed by atoms with Gasteiger partial charge in [0.15, 0.2) is 0 Å². The number of rotatable bonds is 8. The van der Waals surface area contributed by atoms with E-state index >= 15 is 0 Å². The molecule has 21 heavy (non-hydrogen) atoms. The molecule has 0 unspecified atom stereocenters. The topological polar surface area (TPSA) is 41.2 Å². The van der Waals surface area contributed by atoms with Gasteiger partial charge in [-0.25, -0.2) is 4.98 Å². The summed E-state index contributed by atoms with van der Waals surface area (Å²) in [7, 11) is 1.75. The van der Waals surface area contributed by atoms with E-state index in [9.17, 15) is 0 Å². The van der Waals surface area contributed by atoms with Crippen molar-refractivity contribution in [2.45, 2.75) is 40.3 Å². The summed E-state index contributed by atoms with van der Waals surface area (Å²) in [4.78, 5) is 11.9. The number of ether oxygens (including phenoxy) is 1. The van der Waals surface area contributed by atoms with Crippen LogP contribution in [0.15, 0.2) is 11.4 Å². The predicted octanol–water partition coefficient (Wildman–Crippen LogP) is 3.30. The van der Waals surface area contributed by atoms with Crippen LogP contribution in [0, 0.1) is 13.8 Å². The molecule has 0 amide bonds. The van der Waals surface area contributed by atoms with Crippen LogP contribution >= 0.6 is 11.3 Å². The Morgan fingerprint density at radius 2 is 2.14 bits per heavy atom. The molecule has 0 bridgehead atoms. The fraction of sp³-hybridized carbons (Fsp3) is 0.562. The summed E-state index contributed by atoms with van der Waals surface area (Å²) < 4.78 is 5.25. The van der Waals surface area contributed by atoms with Gasteiger partial charge in [-0.05, 0) is 30.9 Å². The molecule has 2 heterocycles. The zero-order valence-electron chi connectivity index (χ0n) is 13.4. The van der Waals surface area contributed by atoms with Gasteiger partial charge in [0.25, 0.3) is 0 Å². The van der Waals surface area contributed by atoms with Crippen LogP contribution in [0.25, 0.3) is 0 Å². The number of thiophene rings is 1. The Morgan fingerprint density at radius 3 is 2.71 bits per heavy atom. The molecule has 1 N–H and O–H groups in total. The highest BCUT2D eigenvalue weighted by atomic mass is 32.1. The van der Waals surface area contributed by atoms with Crippen LogP contribution in [-0.4, -0.2) is 35.1 Å². The van der Waals surface area contributed by atoms with E-state index in [1.165, 1.54) is 16.1 Å². The van der Waals surface area contributed by atoms with Crippen molar-refractivity contribution in [1.29, 1.82) is 0 Å². The van der Waals surface area contributed by atoms with Crippen LogP contribution in [0.5, 0.6) is 0 Å². The monoisotopic (exact) mass is 307 g/mol. The van der Waals surface area contributed by atoms with Gasteiger partial charge in [-0.3, -0.25) is 4.90 Å². The van der Waals surface area contributed by atoms with Crippen molar-refractivity contribution in [3.05, 3.63) is 39.1 Å². The van der Waals surface area contributed by atoms with Crippen LogP contribution < -0.4 is 0 Å². The zero-order valence-corrected chi connectivity index (χ0v) is 14.2. The number of imidazole rings is 1. The Hall–Kier alpha value is -1.17. The Kier molecular flexibility index (Phi) is 5.96. The number of aromatic nitrogens is 2. The Bertz CT molecular complexity index is 562. The van der Waals surface area contributed by atoms with Crippen molar-refractivity contribution in [2.75, 3.05) is 20.3 Å². The first-order valence-electron chi connectivity index (χ1n) is 7.42. The third-order valence-electron chi connectivity index (χ3n) is 3.69. The van der Waals surface area contributed by atoms with Gasteiger partial charge in [0.2, 0.25) is 0 Å². The lowest BCUT2D eigenvalue weighted by molar-refractivity contribution is 0.139. The molecule has 0 saturated carbocycles. The minimum Gasteiger partial charge on any atom is -0.383 e. The normalized spacial score (nSPS) is 11.5. The third kappa shape index (κ3) is 4.40. The van der Waals surface area contributed by atoms with Gasteiger partial charge in [-0.15, -0.1) is 11.3 Å². The van der Waals surface area contributed by atoms with Gasteiger partial charge in [-0.2, -0.15) is 0 Å². The van der Waals surface area contributed by atoms with Crippen molar-refractivity contribution in [2.24, 2.45) is 0 Å². The Labute approximate surface area is 131 Å². The first-order valence-corrected chi connectivity index (χ1v) is 8.30. The second-order valence-corrected chi connectivity index (χ2v) is 6.34. The molecule has 0 aromatic carbocycles. The van der Waals surface area contributed by atoms with Gasteiger partial charge in [-0.1, -0.05) is 6.92 Å². The number of aromatic amines is 1. The fourth-order valence-corrected chi connectivity index (χ4v) is 3.25. The second-order valence-electron chi connectivity index (χ2n) is 5.34. The van der Waals surface area contributed by atoms with E-state index in [1.54, 1.807) is 7.11 Å². The van der Waals surface area contributed by atoms with Crippen LogP contribution in [0.2, 0.25) is 0 Å². The molecule has 2 aromatic heterocycles. The summed E-state index contributed by atoms with van der Waals surface area (Å²) in [6.07, 6.45) is 0.947. The quantitative estimate of drug-likeness (QED) is 0.813. The average molecular weight is 307 g/mol. The smallest absolute Gasteiger partial charge is 0.106 e. The maximum atomic E-state index is 5.25. The Balaban J connectivity index is 2.08. The minimum absolute atomic E-state index is 0.745. The molecule has 0 radical (unpaired) electrons. The van der Waals surface area contributed by atoms with Crippen LogP contribution in [0.1, 0.15) is 34.6 Å². The van der Waals surface area contributed by atoms with Crippen molar-refractivity contribution < 1.29 is 4.74 Å². The molecule has 4 nitrogen and oxygen atoms in total. The first kappa shape index (κ1) is 16.2. The van der Waals surface area contributed by atoms with E-state index in [0.717, 1.165) is 44.2 Å². The number of nitrogens with zero attached hydrogens (tertiary/aromatic N) is 2. The number of hydrogen-bond donors (Lipinski definition) is 1. The second kappa shape index (κ2) is 7.73. The van der Waals surface area contributed by atoms with Crippen LogP contribution in [0.4, 0.5) is 0 Å². The highest BCUT2D eigenvalue weighted by molar-refractivity contribution is 7.10. The summed E-state index contributed by atoms with van der Waals surface area (Å²) >= 11 is 1.83. The van der Waals surface area contributed by atoms with Crippen molar-refractivity contribution >= 4 is 11.3 Å². The molecule has 0 atom stereocenters. The number of nitrogens with one attached hydrogen (secondary N) is 1. The van der Waals surface area contributed by atoms with Gasteiger partial charge >= 0.3 is 0 Å². The summed E-state index contributed by atoms with van der Waals surface area (Å²) in [6.45, 7) is 9.89. The summed E-state index contributed by atoms with van der Waals surface area (Å²) in [5.41, 5.74) is 3.70. The summed E-state index contributed by atoms with van der Waals surface area (Å²) in [6, 6.07) is 2.18. The van der Waals surface area contributed by atoms with Crippen LogP contribution in [-0.2, 0) is 24.2 Å². The first-order chi connectivity index (χ1) is 10.1. The van der Waals surface area contributed by atoms with Gasteiger partial charge in [0.1, 0.15) is 5.82 Å². The van der Waals surface area contributed by atoms with E-state index in [-0.39, 0.29) is 0 Å². The molecule has 116 valence electrons. The highest BCUT2D eigenvalue weighted by Crippen LogP contribution is 2.19. The molecule has 2 rings (SSSR count). The number of hydrogen-bond acceptors (Lipinski definition) is 4. The van der Waals surface area contributed by atoms with Crippen molar-refractivity contribution in [3.63, 3.8) is 0 Å². The number of aryl methyl sites for hydroxylation is 3. The maximum Gasteiger partial charge on any atom is 0.106 e. The maximum absolute atomic E-state index is 5.25. The number of methoxy groups -OCH3 is 1. The summed E-state index contributed by atoms with van der Waals surface area (Å²) in [5, 5.41) is 2.16. The SMILES string of the molecule is CCc1nc(CN(CCOC)Cc2sccc2C)c(C)[nH]1. The van der Waals surface area contributed by atoms with Gasteiger partial charge < -0.3 is 9.72 Å². The minimum atomic E-state index is 0.745. The highest BCUT2D eigenvalue weighted by Gasteiger charge is 2.13. The van der Waals surface area contributed by atoms with E-state index in [0.29, 0.717) is 0 Å². The molecule has 5 heteroatoms. The molecule has 0 aliphatic heterocycles. The molecule has 0 spiro atoms. The van der Waals surface area contributed by atoms with Crippen LogP contribution in [0.3, 0.4) is 0 Å². The predicted molar refractivity (Wildman–Crippen MR) is 87.7 cm³/mol. The van der Waals surface area contributed by atoms with E-state index in [4.69, 9.17) is 9.72 Å². The molecule has 0 aliphatic rings. The fourth-order valence-electron chi connectivity index (χ4n) is 2.30. The zero-order chi connectivity index (χ0) is 15.2. The van der Waals surface area contributed by atoms with Gasteiger partial charge in [0, 0.05) is 43.7 Å². The molecule has 2 aromatic rings. The van der Waals surface area contributed by atoms with E-state index in [1.807, 2.05) is 11.3 Å². The number of H-pyrrole nitrogens is 1. The lowest BCUT2D eigenvalue weighted by Crippen LogP contribution is -2.27. The summed E-state index contributed by atoms with van der Waals surface area (Å²) in [5.74, 6) is 1.07. The van der Waals surface area contributed by atoms with Gasteiger partial charge in [0.05, 0.1) is 12.3 Å². The molecular weight excluding hydrogens is 282 g/mol. The lowest BCUT2D eigenvalue weighted by atomic mass is 10.2. The standard InChI is InChI=1S/C16H25N3OS/c1-5-16-17-13(3)14(18-16)10-19(7-8-20-4)11-15-12(2)6-9-21-15/h6,9H,5,7-8,10-11H2,1-4H3,(H,17,18). The van der Waals surface area contributed by atoms with E-state index in [2.05, 4.69) is 42.1 Å².